The van der Waals surface area contributed by atoms with Crippen LogP contribution in [0.1, 0.15) is 41.5 Å². The molecular weight excluding hydrogens is 216 g/mol. The number of hydrogen-bond donors (Lipinski definition) is 1. The lowest BCUT2D eigenvalue weighted by atomic mass is 9.88. The van der Waals surface area contributed by atoms with Gasteiger partial charge in [0.25, 0.3) is 0 Å². The highest BCUT2D eigenvalue weighted by atomic mass is 16.6. The van der Waals surface area contributed by atoms with Gasteiger partial charge in [-0.3, -0.25) is 0 Å². The largest absolute Gasteiger partial charge is 0.448 e. The van der Waals surface area contributed by atoms with Crippen molar-refractivity contribution in [2.24, 2.45) is 5.41 Å². The summed E-state index contributed by atoms with van der Waals surface area (Å²) in [5, 5.41) is 3.20. The molecule has 0 spiro atoms. The van der Waals surface area contributed by atoms with E-state index in [9.17, 15) is 4.79 Å². The van der Waals surface area contributed by atoms with Gasteiger partial charge in [-0.25, -0.2) is 4.79 Å². The van der Waals surface area contributed by atoms with Crippen LogP contribution in [0.25, 0.3) is 0 Å². The van der Waals surface area contributed by atoms with Gasteiger partial charge in [0.2, 0.25) is 0 Å². The molecule has 1 atom stereocenters. The molecule has 1 rings (SSSR count). The van der Waals surface area contributed by atoms with Crippen molar-refractivity contribution >= 4 is 6.09 Å². The summed E-state index contributed by atoms with van der Waals surface area (Å²) in [4.78, 5) is 11.8. The maximum Gasteiger partial charge on any atom is 0.409 e. The number of amides is 1. The third-order valence-corrected chi connectivity index (χ3v) is 2.70. The third kappa shape index (κ3) is 8.98. The first kappa shape index (κ1) is 18.6. The van der Waals surface area contributed by atoms with Crippen LogP contribution in [-0.4, -0.2) is 44.3 Å². The predicted molar refractivity (Wildman–Crippen MR) is 73.3 cm³/mol. The lowest BCUT2D eigenvalue weighted by molar-refractivity contribution is 0.163. The van der Waals surface area contributed by atoms with Crippen molar-refractivity contribution < 1.29 is 9.53 Å². The van der Waals surface area contributed by atoms with Crippen LogP contribution in [0.5, 0.6) is 0 Å². The summed E-state index contributed by atoms with van der Waals surface area (Å²) in [6, 6.07) is 0.600. The maximum atomic E-state index is 10.3. The van der Waals surface area contributed by atoms with Crippen LogP contribution in [0.2, 0.25) is 0 Å². The SMILES string of the molecule is CC.CN1CCOC1=O.CN[C@H](C)C(C)(C)C. The molecule has 17 heavy (non-hydrogen) atoms. The molecule has 0 bridgehead atoms. The standard InChI is InChI=1S/C7H17N.C4H7NO2.C2H6/c1-6(8-5)7(2,3)4;1-5-2-3-7-4(5)6;1-2/h6,8H,1-5H3;2-3H2,1H3;1-2H3/t6-;;/m1../s1. The monoisotopic (exact) mass is 246 g/mol. The molecule has 4 nitrogen and oxygen atoms in total. The van der Waals surface area contributed by atoms with Crippen LogP contribution < -0.4 is 5.32 Å². The molecule has 0 saturated carbocycles. The van der Waals surface area contributed by atoms with Crippen molar-refractivity contribution in [3.05, 3.63) is 0 Å². The molecule has 0 unspecified atom stereocenters. The molecule has 0 aliphatic carbocycles. The first-order valence-corrected chi connectivity index (χ1v) is 6.34. The van der Waals surface area contributed by atoms with E-state index in [4.69, 9.17) is 0 Å². The highest BCUT2D eigenvalue weighted by molar-refractivity contribution is 5.68. The number of ether oxygens (including phenoxy) is 1. The van der Waals surface area contributed by atoms with E-state index in [1.54, 1.807) is 11.9 Å². The Morgan fingerprint density at radius 3 is 1.88 bits per heavy atom. The predicted octanol–water partition coefficient (Wildman–Crippen LogP) is 2.74. The van der Waals surface area contributed by atoms with Gasteiger partial charge in [-0.05, 0) is 19.4 Å². The minimum Gasteiger partial charge on any atom is -0.448 e. The van der Waals surface area contributed by atoms with Gasteiger partial charge >= 0.3 is 6.09 Å². The Hall–Kier alpha value is -0.770. The second-order valence-electron chi connectivity index (χ2n) is 4.91. The van der Waals surface area contributed by atoms with E-state index in [-0.39, 0.29) is 6.09 Å². The molecule has 1 amide bonds. The zero-order valence-corrected chi connectivity index (χ0v) is 12.8. The van der Waals surface area contributed by atoms with Gasteiger partial charge in [-0.1, -0.05) is 34.6 Å². The van der Waals surface area contributed by atoms with Gasteiger partial charge in [0, 0.05) is 13.1 Å². The normalized spacial score (nSPS) is 16.2. The number of carbonyl (C=O) groups excluding carboxylic acids is 1. The molecule has 1 fully saturated rings. The van der Waals surface area contributed by atoms with E-state index >= 15 is 0 Å². The molecule has 1 aliphatic heterocycles. The smallest absolute Gasteiger partial charge is 0.409 e. The summed E-state index contributed by atoms with van der Waals surface area (Å²) >= 11 is 0. The molecule has 1 heterocycles. The van der Waals surface area contributed by atoms with Gasteiger partial charge in [0.15, 0.2) is 0 Å². The molecule has 0 aromatic rings. The van der Waals surface area contributed by atoms with Crippen LogP contribution in [0.15, 0.2) is 0 Å². The lowest BCUT2D eigenvalue weighted by Crippen LogP contribution is -2.34. The average molecular weight is 246 g/mol. The number of nitrogens with one attached hydrogen (secondary N) is 1. The molecule has 0 aromatic carbocycles. The minimum absolute atomic E-state index is 0.208. The minimum atomic E-state index is -0.208. The lowest BCUT2D eigenvalue weighted by Gasteiger charge is -2.26. The second-order valence-corrected chi connectivity index (χ2v) is 4.91. The van der Waals surface area contributed by atoms with Crippen LogP contribution in [-0.2, 0) is 4.74 Å². The maximum absolute atomic E-state index is 10.3. The van der Waals surface area contributed by atoms with Gasteiger partial charge in [-0.15, -0.1) is 0 Å². The van der Waals surface area contributed by atoms with Crippen molar-refractivity contribution in [1.29, 1.82) is 0 Å². The number of hydrogen-bond acceptors (Lipinski definition) is 3. The van der Waals surface area contributed by atoms with Crippen LogP contribution >= 0.6 is 0 Å². The molecule has 0 radical (unpaired) electrons. The number of carbonyl (C=O) groups is 1. The Balaban J connectivity index is 0. The van der Waals surface area contributed by atoms with Crippen molar-refractivity contribution in [2.45, 2.75) is 47.6 Å². The molecule has 1 N–H and O–H groups in total. The molecule has 104 valence electrons. The molecule has 1 aliphatic rings. The van der Waals surface area contributed by atoms with Crippen LogP contribution in [0.4, 0.5) is 4.79 Å². The number of cyclic esters (lactones) is 1. The van der Waals surface area contributed by atoms with Crippen LogP contribution in [0.3, 0.4) is 0 Å². The van der Waals surface area contributed by atoms with E-state index in [1.807, 2.05) is 20.9 Å². The first-order chi connectivity index (χ1) is 7.79. The fraction of sp³-hybridized carbons (Fsp3) is 0.923. The van der Waals surface area contributed by atoms with Gasteiger partial charge in [-0.2, -0.15) is 0 Å². The third-order valence-electron chi connectivity index (χ3n) is 2.70. The first-order valence-electron chi connectivity index (χ1n) is 6.34. The second kappa shape index (κ2) is 9.28. The van der Waals surface area contributed by atoms with Gasteiger partial charge in [0.1, 0.15) is 6.61 Å². The van der Waals surface area contributed by atoms with Crippen LogP contribution in [0, 0.1) is 5.41 Å². The molecular formula is C13H30N2O2. The Morgan fingerprint density at radius 1 is 1.35 bits per heavy atom. The van der Waals surface area contributed by atoms with Gasteiger partial charge in [0.05, 0.1) is 6.54 Å². The number of nitrogens with zero attached hydrogens (tertiary/aromatic N) is 1. The summed E-state index contributed by atoms with van der Waals surface area (Å²) in [6.07, 6.45) is -0.208. The summed E-state index contributed by atoms with van der Waals surface area (Å²) in [6.45, 7) is 14.2. The topological polar surface area (TPSA) is 41.6 Å². The summed E-state index contributed by atoms with van der Waals surface area (Å²) in [7, 11) is 3.71. The zero-order chi connectivity index (χ0) is 14.1. The van der Waals surface area contributed by atoms with E-state index in [2.05, 4.69) is 37.7 Å². The highest BCUT2D eigenvalue weighted by Gasteiger charge is 2.17. The van der Waals surface area contributed by atoms with Crippen molar-refractivity contribution in [1.82, 2.24) is 10.2 Å². The van der Waals surface area contributed by atoms with Crippen molar-refractivity contribution in [3.63, 3.8) is 0 Å². The Kier molecular flexibility index (Phi) is 10.1. The number of likely N-dealkylation sites (N-methyl/N-ethyl adjacent to an activating group) is 1. The quantitative estimate of drug-likeness (QED) is 0.773. The Bertz CT molecular complexity index is 200. The summed E-state index contributed by atoms with van der Waals surface area (Å²) in [5.74, 6) is 0. The fourth-order valence-electron chi connectivity index (χ4n) is 0.904. The molecule has 4 heteroatoms. The van der Waals surface area contributed by atoms with Crippen molar-refractivity contribution in [3.8, 4) is 0 Å². The van der Waals surface area contributed by atoms with Crippen molar-refractivity contribution in [2.75, 3.05) is 27.2 Å². The Labute approximate surface area is 107 Å². The molecule has 1 saturated heterocycles. The highest BCUT2D eigenvalue weighted by Crippen LogP contribution is 2.17. The van der Waals surface area contributed by atoms with Gasteiger partial charge < -0.3 is 15.0 Å². The van der Waals surface area contributed by atoms with E-state index in [0.717, 1.165) is 6.54 Å². The average Bonchev–Trinajstić information content (AvgIpc) is 2.64. The number of rotatable bonds is 1. The van der Waals surface area contributed by atoms with E-state index in [0.29, 0.717) is 18.1 Å². The van der Waals surface area contributed by atoms with E-state index in [1.165, 1.54) is 0 Å². The zero-order valence-electron chi connectivity index (χ0n) is 12.8. The summed E-state index contributed by atoms with van der Waals surface area (Å²) in [5.41, 5.74) is 0.398. The van der Waals surface area contributed by atoms with E-state index < -0.39 is 0 Å². The summed E-state index contributed by atoms with van der Waals surface area (Å²) < 4.78 is 4.55. The fourth-order valence-corrected chi connectivity index (χ4v) is 0.904. The molecule has 0 aromatic heterocycles. The Morgan fingerprint density at radius 2 is 1.82 bits per heavy atom.